The molecule has 3 aromatic heterocycles. The minimum atomic E-state index is -0.655. The second-order valence-corrected chi connectivity index (χ2v) is 8.32. The third-order valence-corrected chi connectivity index (χ3v) is 5.69. The Morgan fingerprint density at radius 2 is 2.03 bits per heavy atom. The van der Waals surface area contributed by atoms with Crippen LogP contribution in [0.2, 0.25) is 5.02 Å². The minimum absolute atomic E-state index is 0.0527. The number of carbonyl (C=O) groups is 1. The van der Waals surface area contributed by atoms with Gasteiger partial charge in [-0.05, 0) is 48.7 Å². The number of aryl methyl sites for hydroxylation is 2. The molecule has 1 atom stereocenters. The number of hydrogen-bond donors (Lipinski definition) is 2. The highest BCUT2D eigenvalue weighted by Gasteiger charge is 2.18. The average molecular weight is 466 g/mol. The third kappa shape index (κ3) is 5.32. The first-order valence-corrected chi connectivity index (χ1v) is 11.0. The maximum absolute atomic E-state index is 13.0. The lowest BCUT2D eigenvalue weighted by Crippen LogP contribution is -2.29. The number of amides is 1. The molecule has 2 N–H and O–H groups in total. The molecule has 0 saturated heterocycles. The Labute approximate surface area is 195 Å². The number of aliphatic hydroxyl groups excluding tert-OH is 1. The molecule has 7 nitrogen and oxygen atoms in total. The Bertz CT molecular complexity index is 1310. The van der Waals surface area contributed by atoms with Crippen LogP contribution >= 0.6 is 11.6 Å². The Balaban J connectivity index is 1.44. The maximum Gasteiger partial charge on any atom is 0.257 e. The highest BCUT2D eigenvalue weighted by atomic mass is 35.5. The summed E-state index contributed by atoms with van der Waals surface area (Å²) in [5, 5.41) is 14.0. The van der Waals surface area contributed by atoms with Crippen LogP contribution in [0.3, 0.4) is 0 Å². The van der Waals surface area contributed by atoms with Gasteiger partial charge in [0.1, 0.15) is 11.3 Å². The van der Waals surface area contributed by atoms with Crippen molar-refractivity contribution in [2.45, 2.75) is 31.9 Å². The molecule has 4 rings (SSSR count). The number of furan rings is 1. The topological polar surface area (TPSA) is 97.4 Å². The lowest BCUT2D eigenvalue weighted by Gasteiger charge is -2.08. The molecule has 0 spiro atoms. The summed E-state index contributed by atoms with van der Waals surface area (Å²) < 4.78 is 7.50. The first-order chi connectivity index (χ1) is 15.9. The summed E-state index contributed by atoms with van der Waals surface area (Å²) in [4.78, 5) is 29.8. The van der Waals surface area contributed by atoms with E-state index in [0.29, 0.717) is 46.8 Å². The second-order valence-electron chi connectivity index (χ2n) is 7.89. The van der Waals surface area contributed by atoms with Crippen molar-refractivity contribution < 1.29 is 14.3 Å². The van der Waals surface area contributed by atoms with Gasteiger partial charge in [0.2, 0.25) is 11.1 Å². The van der Waals surface area contributed by atoms with E-state index in [1.165, 1.54) is 6.20 Å². The van der Waals surface area contributed by atoms with E-state index in [4.69, 9.17) is 16.0 Å². The minimum Gasteiger partial charge on any atom is -0.444 e. The van der Waals surface area contributed by atoms with E-state index in [2.05, 4.69) is 10.3 Å². The van der Waals surface area contributed by atoms with Crippen LogP contribution in [0, 0.1) is 0 Å². The van der Waals surface area contributed by atoms with Crippen molar-refractivity contribution in [2.75, 3.05) is 0 Å². The molecule has 1 unspecified atom stereocenters. The summed E-state index contributed by atoms with van der Waals surface area (Å²) in [6, 6.07) is 14.2. The molecule has 0 fully saturated rings. The van der Waals surface area contributed by atoms with E-state index in [1.54, 1.807) is 48.1 Å². The number of nitrogens with zero attached hydrogens (tertiary/aromatic N) is 2. The SMILES string of the molecule is Cn1cc(C(=O)NCc2ccc(Cl)cc2)c(=O)c2cc(CCCC(O)c3ccccn3)oc21. The summed E-state index contributed by atoms with van der Waals surface area (Å²) in [6.07, 6.45) is 4.21. The summed E-state index contributed by atoms with van der Waals surface area (Å²) >= 11 is 5.89. The van der Waals surface area contributed by atoms with Gasteiger partial charge < -0.3 is 19.4 Å². The molecule has 3 heterocycles. The van der Waals surface area contributed by atoms with Crippen LogP contribution in [-0.4, -0.2) is 20.6 Å². The smallest absolute Gasteiger partial charge is 0.257 e. The van der Waals surface area contributed by atoms with Crippen LogP contribution in [0.25, 0.3) is 11.1 Å². The van der Waals surface area contributed by atoms with E-state index in [0.717, 1.165) is 5.56 Å². The summed E-state index contributed by atoms with van der Waals surface area (Å²) in [7, 11) is 1.73. The number of aromatic nitrogens is 2. The monoisotopic (exact) mass is 465 g/mol. The maximum atomic E-state index is 13.0. The molecule has 170 valence electrons. The van der Waals surface area contributed by atoms with E-state index < -0.39 is 12.0 Å². The molecule has 0 bridgehead atoms. The number of benzene rings is 1. The molecular formula is C25H24ClN3O4. The molecule has 8 heteroatoms. The summed E-state index contributed by atoms with van der Waals surface area (Å²) in [6.45, 7) is 0.284. The second kappa shape index (κ2) is 10.0. The van der Waals surface area contributed by atoms with Crippen LogP contribution in [0.1, 0.15) is 46.3 Å². The van der Waals surface area contributed by atoms with Crippen LogP contribution < -0.4 is 10.7 Å². The fourth-order valence-electron chi connectivity index (χ4n) is 3.67. The molecule has 0 aliphatic heterocycles. The van der Waals surface area contributed by atoms with Gasteiger partial charge in [0.05, 0.1) is 17.2 Å². The predicted octanol–water partition coefficient (Wildman–Crippen LogP) is 4.17. The molecule has 1 amide bonds. The quantitative estimate of drug-likeness (QED) is 0.407. The number of carbonyl (C=O) groups excluding carboxylic acids is 1. The van der Waals surface area contributed by atoms with Crippen molar-refractivity contribution in [3.05, 3.63) is 98.8 Å². The average Bonchev–Trinajstić information content (AvgIpc) is 3.26. The van der Waals surface area contributed by atoms with Crippen LogP contribution in [0.5, 0.6) is 0 Å². The molecule has 0 aliphatic rings. The van der Waals surface area contributed by atoms with Crippen molar-refractivity contribution in [1.82, 2.24) is 14.9 Å². The standard InChI is InChI=1S/C25H24ClN3O4/c1-29-15-20(24(32)28-14-16-8-10-17(26)11-9-16)23(31)19-13-18(33-25(19)29)5-4-7-22(30)21-6-2-3-12-27-21/h2-3,6,8-13,15,22,30H,4-5,7,14H2,1H3,(H,28,32). The van der Waals surface area contributed by atoms with E-state index in [-0.39, 0.29) is 17.5 Å². The van der Waals surface area contributed by atoms with Crippen molar-refractivity contribution >= 4 is 28.6 Å². The lowest BCUT2D eigenvalue weighted by atomic mass is 10.1. The van der Waals surface area contributed by atoms with Gasteiger partial charge in [0.25, 0.3) is 5.91 Å². The number of hydrogen-bond acceptors (Lipinski definition) is 5. The van der Waals surface area contributed by atoms with Crippen LogP contribution in [0.4, 0.5) is 0 Å². The van der Waals surface area contributed by atoms with E-state index in [9.17, 15) is 14.7 Å². The first kappa shape index (κ1) is 22.8. The Kier molecular flexibility index (Phi) is 6.91. The zero-order valence-electron chi connectivity index (χ0n) is 18.1. The van der Waals surface area contributed by atoms with Crippen molar-refractivity contribution in [2.24, 2.45) is 7.05 Å². The molecule has 0 aliphatic carbocycles. The lowest BCUT2D eigenvalue weighted by molar-refractivity contribution is 0.0949. The van der Waals surface area contributed by atoms with Gasteiger partial charge in [-0.25, -0.2) is 0 Å². The van der Waals surface area contributed by atoms with Crippen molar-refractivity contribution in [3.63, 3.8) is 0 Å². The normalized spacial score (nSPS) is 12.1. The van der Waals surface area contributed by atoms with E-state index >= 15 is 0 Å². The number of nitrogens with one attached hydrogen (secondary N) is 1. The summed E-state index contributed by atoms with van der Waals surface area (Å²) in [5.41, 5.74) is 1.60. The van der Waals surface area contributed by atoms with Gasteiger partial charge >= 0.3 is 0 Å². The molecule has 0 saturated carbocycles. The van der Waals surface area contributed by atoms with Crippen molar-refractivity contribution in [3.8, 4) is 0 Å². The number of aliphatic hydroxyl groups is 1. The number of halogens is 1. The fraction of sp³-hybridized carbons (Fsp3) is 0.240. The molecule has 0 radical (unpaired) electrons. The molecule has 4 aromatic rings. The predicted molar refractivity (Wildman–Crippen MR) is 126 cm³/mol. The zero-order valence-corrected chi connectivity index (χ0v) is 18.9. The molecular weight excluding hydrogens is 442 g/mol. The van der Waals surface area contributed by atoms with Gasteiger partial charge in [-0.1, -0.05) is 29.8 Å². The number of rotatable bonds is 8. The zero-order chi connectivity index (χ0) is 23.4. The third-order valence-electron chi connectivity index (χ3n) is 5.44. The fourth-order valence-corrected chi connectivity index (χ4v) is 3.79. The van der Waals surface area contributed by atoms with Gasteiger partial charge in [0.15, 0.2) is 0 Å². The Hall–Kier alpha value is -3.42. The Morgan fingerprint density at radius 3 is 2.76 bits per heavy atom. The number of pyridine rings is 2. The van der Waals surface area contributed by atoms with Crippen molar-refractivity contribution in [1.29, 1.82) is 0 Å². The van der Waals surface area contributed by atoms with Crippen LogP contribution in [-0.2, 0) is 20.0 Å². The molecule has 33 heavy (non-hydrogen) atoms. The van der Waals surface area contributed by atoms with Gasteiger partial charge in [-0.3, -0.25) is 14.6 Å². The highest BCUT2D eigenvalue weighted by molar-refractivity contribution is 6.30. The Morgan fingerprint density at radius 1 is 1.24 bits per heavy atom. The van der Waals surface area contributed by atoms with Crippen LogP contribution in [0.15, 0.2) is 70.1 Å². The summed E-state index contributed by atoms with van der Waals surface area (Å²) in [5.74, 6) is 0.179. The molecule has 1 aromatic carbocycles. The first-order valence-electron chi connectivity index (χ1n) is 10.7. The largest absolute Gasteiger partial charge is 0.444 e. The van der Waals surface area contributed by atoms with Gasteiger partial charge in [0, 0.05) is 37.4 Å². The van der Waals surface area contributed by atoms with Gasteiger partial charge in [-0.2, -0.15) is 0 Å². The number of fused-ring (bicyclic) bond motifs is 1. The van der Waals surface area contributed by atoms with Gasteiger partial charge in [-0.15, -0.1) is 0 Å². The van der Waals surface area contributed by atoms with E-state index in [1.807, 2.05) is 18.2 Å². The highest BCUT2D eigenvalue weighted by Crippen LogP contribution is 2.21.